The van der Waals surface area contributed by atoms with Gasteiger partial charge in [-0.05, 0) is 44.1 Å². The van der Waals surface area contributed by atoms with E-state index in [-0.39, 0.29) is 35.9 Å². The van der Waals surface area contributed by atoms with Gasteiger partial charge in [0.25, 0.3) is 5.56 Å². The van der Waals surface area contributed by atoms with Crippen molar-refractivity contribution in [2.24, 2.45) is 5.92 Å². The predicted molar refractivity (Wildman–Crippen MR) is 114 cm³/mol. The first-order valence-corrected chi connectivity index (χ1v) is 11.5. The molecular weight excluding hydrogens is 396 g/mol. The minimum Gasteiger partial charge on any atom is -0.350 e. The minimum atomic E-state index is -0.298. The van der Waals surface area contributed by atoms with E-state index in [1.807, 2.05) is 24.8 Å². The first-order chi connectivity index (χ1) is 14.9. The highest BCUT2D eigenvalue weighted by molar-refractivity contribution is 5.79. The first-order valence-electron chi connectivity index (χ1n) is 11.5. The molecule has 3 heterocycles. The molecule has 1 aliphatic heterocycles. The van der Waals surface area contributed by atoms with Crippen LogP contribution in [0.25, 0.3) is 5.52 Å². The van der Waals surface area contributed by atoms with Crippen molar-refractivity contribution in [3.05, 3.63) is 27.9 Å². The van der Waals surface area contributed by atoms with Crippen LogP contribution in [0, 0.1) is 5.92 Å². The lowest BCUT2D eigenvalue weighted by Crippen LogP contribution is -2.51. The summed E-state index contributed by atoms with van der Waals surface area (Å²) in [4.78, 5) is 39.8. The summed E-state index contributed by atoms with van der Waals surface area (Å²) in [5.74, 6) is 1.72. The Morgan fingerprint density at radius 2 is 1.94 bits per heavy atom. The molecule has 2 aliphatic carbocycles. The number of amides is 2. The van der Waals surface area contributed by atoms with Crippen LogP contribution in [0.4, 0.5) is 0 Å². The lowest BCUT2D eigenvalue weighted by molar-refractivity contribution is -0.135. The van der Waals surface area contributed by atoms with E-state index in [9.17, 15) is 14.4 Å². The fourth-order valence-electron chi connectivity index (χ4n) is 4.35. The van der Waals surface area contributed by atoms with Crippen molar-refractivity contribution in [2.45, 2.75) is 76.8 Å². The van der Waals surface area contributed by atoms with E-state index in [4.69, 9.17) is 0 Å². The summed E-state index contributed by atoms with van der Waals surface area (Å²) in [7, 11) is 0. The molecule has 9 heteroatoms. The van der Waals surface area contributed by atoms with E-state index in [1.165, 1.54) is 17.5 Å². The molecule has 1 saturated heterocycles. The van der Waals surface area contributed by atoms with Crippen LogP contribution < -0.4 is 10.9 Å². The van der Waals surface area contributed by atoms with Crippen molar-refractivity contribution in [1.29, 1.82) is 0 Å². The normalized spacial score (nSPS) is 21.8. The van der Waals surface area contributed by atoms with Crippen molar-refractivity contribution in [3.63, 3.8) is 0 Å². The number of hydrogen-bond donors (Lipinski definition) is 1. The van der Waals surface area contributed by atoms with Crippen LogP contribution in [-0.2, 0) is 16.1 Å². The number of nitrogens with zero attached hydrogens (tertiary/aromatic N) is 5. The van der Waals surface area contributed by atoms with Crippen molar-refractivity contribution in [1.82, 2.24) is 29.6 Å². The monoisotopic (exact) mass is 426 g/mol. The van der Waals surface area contributed by atoms with Crippen LogP contribution in [-0.4, -0.2) is 55.2 Å². The standard InChI is InChI=1S/C22H30N6O3/c1-13(2)21-25-27(22(31)18-9-17(15-5-6-15)24-28(18)21)12-19(29)23-16-7-8-20(30)26(11-16)10-14-3-4-14/h9,13-16H,3-8,10-12H2,1-2H3,(H,23,29)/t16-/m1/s1. The number of carbonyl (C=O) groups is 2. The van der Waals surface area contributed by atoms with Gasteiger partial charge in [-0.3, -0.25) is 14.4 Å². The average molecular weight is 427 g/mol. The largest absolute Gasteiger partial charge is 0.350 e. The molecule has 2 saturated carbocycles. The second-order valence-electron chi connectivity index (χ2n) is 9.66. The number of piperidine rings is 1. The van der Waals surface area contributed by atoms with Crippen LogP contribution in [0.5, 0.6) is 0 Å². The second-order valence-corrected chi connectivity index (χ2v) is 9.66. The zero-order valence-electron chi connectivity index (χ0n) is 18.2. The molecule has 0 aromatic carbocycles. The van der Waals surface area contributed by atoms with Crippen LogP contribution in [0.2, 0.25) is 0 Å². The molecule has 2 aromatic heterocycles. The van der Waals surface area contributed by atoms with Gasteiger partial charge in [-0.15, -0.1) is 0 Å². The van der Waals surface area contributed by atoms with E-state index in [0.717, 1.165) is 25.1 Å². The van der Waals surface area contributed by atoms with E-state index in [1.54, 1.807) is 4.52 Å². The highest BCUT2D eigenvalue weighted by Crippen LogP contribution is 2.39. The molecule has 0 unspecified atom stereocenters. The molecule has 0 spiro atoms. The molecule has 2 amide bonds. The molecule has 31 heavy (non-hydrogen) atoms. The lowest BCUT2D eigenvalue weighted by atomic mass is 10.0. The Hall–Kier alpha value is -2.71. The number of carbonyl (C=O) groups excluding carboxylic acids is 2. The molecule has 3 fully saturated rings. The third-order valence-corrected chi connectivity index (χ3v) is 6.47. The molecule has 2 aromatic rings. The first kappa shape index (κ1) is 20.2. The van der Waals surface area contributed by atoms with Gasteiger partial charge in [-0.2, -0.15) is 10.2 Å². The average Bonchev–Trinajstić information content (AvgIpc) is 3.65. The lowest BCUT2D eigenvalue weighted by Gasteiger charge is -2.33. The van der Waals surface area contributed by atoms with Crippen LogP contribution in [0.15, 0.2) is 10.9 Å². The predicted octanol–water partition coefficient (Wildman–Crippen LogP) is 1.41. The Bertz CT molecular complexity index is 1080. The number of aromatic nitrogens is 4. The highest BCUT2D eigenvalue weighted by atomic mass is 16.2. The van der Waals surface area contributed by atoms with Crippen LogP contribution >= 0.6 is 0 Å². The molecule has 9 nitrogen and oxygen atoms in total. The third-order valence-electron chi connectivity index (χ3n) is 6.47. The Labute approximate surface area is 180 Å². The number of nitrogens with one attached hydrogen (secondary N) is 1. The quantitative estimate of drug-likeness (QED) is 0.721. The van der Waals surface area contributed by atoms with Gasteiger partial charge in [0.05, 0.1) is 5.69 Å². The molecule has 1 N–H and O–H groups in total. The SMILES string of the molecule is CC(C)c1nn(CC(=O)N[C@@H]2CCC(=O)N(CC3CC3)C2)c(=O)c2cc(C3CC3)nn12. The van der Waals surface area contributed by atoms with Crippen molar-refractivity contribution in [2.75, 3.05) is 13.1 Å². The maximum atomic E-state index is 13.0. The molecule has 166 valence electrons. The Kier molecular flexibility index (Phi) is 5.06. The minimum absolute atomic E-state index is 0.0599. The summed E-state index contributed by atoms with van der Waals surface area (Å²) in [6.45, 7) is 5.22. The van der Waals surface area contributed by atoms with Gasteiger partial charge in [0.15, 0.2) is 5.82 Å². The Balaban J connectivity index is 1.32. The zero-order chi connectivity index (χ0) is 21.7. The van der Waals surface area contributed by atoms with Crippen molar-refractivity contribution in [3.8, 4) is 0 Å². The maximum absolute atomic E-state index is 13.0. The van der Waals surface area contributed by atoms with Crippen LogP contribution in [0.3, 0.4) is 0 Å². The molecule has 5 rings (SSSR count). The Morgan fingerprint density at radius 3 is 2.61 bits per heavy atom. The van der Waals surface area contributed by atoms with Gasteiger partial charge in [-0.25, -0.2) is 9.20 Å². The number of fused-ring (bicyclic) bond motifs is 1. The fraction of sp³-hybridized carbons (Fsp3) is 0.682. The number of hydrogen-bond acceptors (Lipinski definition) is 5. The van der Waals surface area contributed by atoms with Gasteiger partial charge in [-0.1, -0.05) is 13.8 Å². The van der Waals surface area contributed by atoms with E-state index >= 15 is 0 Å². The molecule has 1 atom stereocenters. The van der Waals surface area contributed by atoms with Gasteiger partial charge in [0.1, 0.15) is 12.1 Å². The fourth-order valence-corrected chi connectivity index (χ4v) is 4.35. The van der Waals surface area contributed by atoms with Gasteiger partial charge < -0.3 is 10.2 Å². The second kappa shape index (κ2) is 7.76. The Morgan fingerprint density at radius 1 is 1.16 bits per heavy atom. The highest BCUT2D eigenvalue weighted by Gasteiger charge is 2.32. The van der Waals surface area contributed by atoms with E-state index < -0.39 is 0 Å². The summed E-state index contributed by atoms with van der Waals surface area (Å²) in [6.07, 6.45) is 5.68. The van der Waals surface area contributed by atoms with Crippen molar-refractivity contribution < 1.29 is 9.59 Å². The number of rotatable bonds is 7. The topological polar surface area (TPSA) is 102 Å². The maximum Gasteiger partial charge on any atom is 0.293 e. The summed E-state index contributed by atoms with van der Waals surface area (Å²) in [5, 5.41) is 12.1. The molecule has 3 aliphatic rings. The third kappa shape index (κ3) is 4.22. The van der Waals surface area contributed by atoms with E-state index in [0.29, 0.717) is 42.6 Å². The number of likely N-dealkylation sites (tertiary alicyclic amines) is 1. The zero-order valence-corrected chi connectivity index (χ0v) is 18.2. The molecule has 0 bridgehead atoms. The molecule has 0 radical (unpaired) electrons. The smallest absolute Gasteiger partial charge is 0.293 e. The van der Waals surface area contributed by atoms with Gasteiger partial charge in [0, 0.05) is 37.4 Å². The summed E-state index contributed by atoms with van der Waals surface area (Å²) < 4.78 is 2.91. The summed E-state index contributed by atoms with van der Waals surface area (Å²) in [5.41, 5.74) is 1.12. The van der Waals surface area contributed by atoms with Crippen LogP contribution in [0.1, 0.15) is 75.7 Å². The van der Waals surface area contributed by atoms with Gasteiger partial charge >= 0.3 is 0 Å². The molecular formula is C22H30N6O3. The van der Waals surface area contributed by atoms with Gasteiger partial charge in [0.2, 0.25) is 11.8 Å². The van der Waals surface area contributed by atoms with E-state index in [2.05, 4.69) is 15.5 Å². The van der Waals surface area contributed by atoms with Crippen molar-refractivity contribution >= 4 is 17.3 Å². The summed E-state index contributed by atoms with van der Waals surface area (Å²) >= 11 is 0. The summed E-state index contributed by atoms with van der Waals surface area (Å²) in [6, 6.07) is 1.77.